The van der Waals surface area contributed by atoms with Gasteiger partial charge in [0.25, 0.3) is 0 Å². The van der Waals surface area contributed by atoms with Crippen LogP contribution in [0.25, 0.3) is 0 Å². The standard InChI is InChI=1S/C10H13ClN2S/c11-9-6-8(14)7-10(12-9)13-4-2-1-3-5-13/h7H,1-6H2. The van der Waals surface area contributed by atoms with Gasteiger partial charge in [0.05, 0.1) is 0 Å². The van der Waals surface area contributed by atoms with Gasteiger partial charge in [0.2, 0.25) is 0 Å². The lowest BCUT2D eigenvalue weighted by Gasteiger charge is -2.30. The summed E-state index contributed by atoms with van der Waals surface area (Å²) >= 11 is 11.1. The molecule has 4 heteroatoms. The minimum absolute atomic E-state index is 0.623. The van der Waals surface area contributed by atoms with E-state index in [1.807, 2.05) is 6.08 Å². The number of aliphatic imine (C=N–C) groups is 1. The van der Waals surface area contributed by atoms with Crippen LogP contribution < -0.4 is 0 Å². The topological polar surface area (TPSA) is 15.6 Å². The second-order valence-electron chi connectivity index (χ2n) is 3.68. The predicted octanol–water partition coefficient (Wildman–Crippen LogP) is 2.72. The molecule has 0 aromatic heterocycles. The zero-order valence-electron chi connectivity index (χ0n) is 8.00. The van der Waals surface area contributed by atoms with Crippen LogP contribution in [-0.2, 0) is 0 Å². The van der Waals surface area contributed by atoms with E-state index in [0.29, 0.717) is 11.6 Å². The molecule has 1 saturated heterocycles. The third kappa shape index (κ3) is 2.34. The van der Waals surface area contributed by atoms with Gasteiger partial charge in [-0.05, 0) is 25.3 Å². The largest absolute Gasteiger partial charge is 0.357 e. The molecule has 2 heterocycles. The average molecular weight is 229 g/mol. The van der Waals surface area contributed by atoms with E-state index in [-0.39, 0.29) is 0 Å². The van der Waals surface area contributed by atoms with Gasteiger partial charge in [-0.25, -0.2) is 4.99 Å². The number of likely N-dealkylation sites (tertiary alicyclic amines) is 1. The molecule has 0 aliphatic carbocycles. The van der Waals surface area contributed by atoms with Gasteiger partial charge in [-0.3, -0.25) is 0 Å². The summed E-state index contributed by atoms with van der Waals surface area (Å²) in [7, 11) is 0. The fourth-order valence-electron chi connectivity index (χ4n) is 1.82. The minimum Gasteiger partial charge on any atom is -0.357 e. The fourth-order valence-corrected chi connectivity index (χ4v) is 2.37. The van der Waals surface area contributed by atoms with Crippen LogP contribution in [-0.4, -0.2) is 28.0 Å². The maximum atomic E-state index is 5.92. The molecule has 2 rings (SSSR count). The molecule has 14 heavy (non-hydrogen) atoms. The molecule has 0 bridgehead atoms. The molecule has 0 spiro atoms. The van der Waals surface area contributed by atoms with Crippen LogP contribution in [0.1, 0.15) is 25.7 Å². The van der Waals surface area contributed by atoms with E-state index in [2.05, 4.69) is 9.89 Å². The number of hydrogen-bond donors (Lipinski definition) is 0. The number of allylic oxidation sites excluding steroid dienone is 1. The molecule has 1 fully saturated rings. The molecular weight excluding hydrogens is 216 g/mol. The first kappa shape index (κ1) is 10.1. The molecule has 0 N–H and O–H groups in total. The first-order valence-electron chi connectivity index (χ1n) is 4.98. The second-order valence-corrected chi connectivity index (χ2v) is 4.64. The molecule has 0 aromatic carbocycles. The van der Waals surface area contributed by atoms with E-state index >= 15 is 0 Å². The van der Waals surface area contributed by atoms with E-state index in [1.54, 1.807) is 0 Å². The van der Waals surface area contributed by atoms with Crippen LogP contribution in [0.15, 0.2) is 16.9 Å². The third-order valence-electron chi connectivity index (χ3n) is 2.53. The number of halogens is 1. The van der Waals surface area contributed by atoms with Crippen LogP contribution in [0.4, 0.5) is 0 Å². The van der Waals surface area contributed by atoms with Crippen molar-refractivity contribution >= 4 is 33.9 Å². The van der Waals surface area contributed by atoms with E-state index in [9.17, 15) is 0 Å². The smallest absolute Gasteiger partial charge is 0.131 e. The predicted molar refractivity (Wildman–Crippen MR) is 64.0 cm³/mol. The first-order chi connectivity index (χ1) is 6.75. The molecule has 0 radical (unpaired) electrons. The molecule has 76 valence electrons. The van der Waals surface area contributed by atoms with Crippen molar-refractivity contribution in [3.05, 3.63) is 11.9 Å². The number of hydrogen-bond acceptors (Lipinski definition) is 3. The summed E-state index contributed by atoms with van der Waals surface area (Å²) in [5.74, 6) is 0.964. The molecule has 0 saturated carbocycles. The van der Waals surface area contributed by atoms with E-state index < -0.39 is 0 Å². The third-order valence-corrected chi connectivity index (χ3v) is 3.01. The van der Waals surface area contributed by atoms with Gasteiger partial charge in [-0.2, -0.15) is 0 Å². The molecule has 0 unspecified atom stereocenters. The Labute approximate surface area is 94.6 Å². The highest BCUT2D eigenvalue weighted by molar-refractivity contribution is 7.80. The van der Waals surface area contributed by atoms with Gasteiger partial charge in [0.1, 0.15) is 11.0 Å². The van der Waals surface area contributed by atoms with Crippen LogP contribution in [0, 0.1) is 0 Å². The highest BCUT2D eigenvalue weighted by Crippen LogP contribution is 2.20. The Morgan fingerprint density at radius 3 is 2.64 bits per heavy atom. The SMILES string of the molecule is S=C1C=C(N2CCCCC2)N=C(Cl)C1. The van der Waals surface area contributed by atoms with Crippen molar-refractivity contribution in [1.29, 1.82) is 0 Å². The van der Waals surface area contributed by atoms with Gasteiger partial charge in [-0.1, -0.05) is 23.8 Å². The van der Waals surface area contributed by atoms with Gasteiger partial charge >= 0.3 is 0 Å². The summed E-state index contributed by atoms with van der Waals surface area (Å²) < 4.78 is 0. The van der Waals surface area contributed by atoms with Crippen molar-refractivity contribution < 1.29 is 0 Å². The molecular formula is C10H13ClN2S. The van der Waals surface area contributed by atoms with Crippen molar-refractivity contribution in [3.8, 4) is 0 Å². The number of piperidine rings is 1. The normalized spacial score (nSPS) is 23.2. The molecule has 0 atom stereocenters. The summed E-state index contributed by atoms with van der Waals surface area (Å²) in [6, 6.07) is 0. The summed E-state index contributed by atoms with van der Waals surface area (Å²) in [5, 5.41) is 0.623. The van der Waals surface area contributed by atoms with E-state index in [1.165, 1.54) is 19.3 Å². The first-order valence-corrected chi connectivity index (χ1v) is 5.77. The second kappa shape index (κ2) is 4.41. The highest BCUT2D eigenvalue weighted by Gasteiger charge is 2.17. The zero-order valence-corrected chi connectivity index (χ0v) is 9.57. The van der Waals surface area contributed by atoms with Crippen LogP contribution in [0.2, 0.25) is 0 Å². The Kier molecular flexibility index (Phi) is 3.19. The number of nitrogens with zero attached hydrogens (tertiary/aromatic N) is 2. The van der Waals surface area contributed by atoms with Crippen molar-refractivity contribution in [2.24, 2.45) is 4.99 Å². The minimum atomic E-state index is 0.623. The monoisotopic (exact) mass is 228 g/mol. The Bertz CT molecular complexity index is 303. The average Bonchev–Trinajstić information content (AvgIpc) is 2.18. The van der Waals surface area contributed by atoms with Crippen LogP contribution in [0.3, 0.4) is 0 Å². The van der Waals surface area contributed by atoms with Crippen molar-refractivity contribution in [2.75, 3.05) is 13.1 Å². The maximum Gasteiger partial charge on any atom is 0.131 e. The lowest BCUT2D eigenvalue weighted by Crippen LogP contribution is -2.30. The molecule has 0 amide bonds. The fraction of sp³-hybridized carbons (Fsp3) is 0.600. The van der Waals surface area contributed by atoms with Crippen molar-refractivity contribution in [3.63, 3.8) is 0 Å². The van der Waals surface area contributed by atoms with Crippen LogP contribution >= 0.6 is 23.8 Å². The summed E-state index contributed by atoms with van der Waals surface area (Å²) in [5.41, 5.74) is 0. The van der Waals surface area contributed by atoms with Gasteiger partial charge in [-0.15, -0.1) is 0 Å². The maximum absolute atomic E-state index is 5.92. The molecule has 2 aliphatic rings. The van der Waals surface area contributed by atoms with E-state index in [4.69, 9.17) is 23.8 Å². The lowest BCUT2D eigenvalue weighted by atomic mass is 10.1. The van der Waals surface area contributed by atoms with Crippen molar-refractivity contribution in [2.45, 2.75) is 25.7 Å². The quantitative estimate of drug-likeness (QED) is 0.642. The lowest BCUT2D eigenvalue weighted by molar-refractivity contribution is 0.283. The number of rotatable bonds is 1. The molecule has 2 aliphatic heterocycles. The van der Waals surface area contributed by atoms with Gasteiger partial charge in [0.15, 0.2) is 0 Å². The molecule has 2 nitrogen and oxygen atoms in total. The molecule has 0 aromatic rings. The zero-order chi connectivity index (χ0) is 9.97. The Balaban J connectivity index is 2.12. The highest BCUT2D eigenvalue weighted by atomic mass is 35.5. The summed E-state index contributed by atoms with van der Waals surface area (Å²) in [6.45, 7) is 2.17. The van der Waals surface area contributed by atoms with E-state index in [0.717, 1.165) is 23.8 Å². The van der Waals surface area contributed by atoms with Crippen LogP contribution in [0.5, 0.6) is 0 Å². The Morgan fingerprint density at radius 1 is 1.29 bits per heavy atom. The Morgan fingerprint density at radius 2 is 2.00 bits per heavy atom. The van der Waals surface area contributed by atoms with Gasteiger partial charge < -0.3 is 4.90 Å². The Hall–Kier alpha value is -0.410. The number of thiocarbonyl (C=S) groups is 1. The van der Waals surface area contributed by atoms with Crippen molar-refractivity contribution in [1.82, 2.24) is 4.90 Å². The van der Waals surface area contributed by atoms with Gasteiger partial charge in [0, 0.05) is 24.4 Å². The summed E-state index contributed by atoms with van der Waals surface area (Å²) in [4.78, 5) is 7.51. The summed E-state index contributed by atoms with van der Waals surface area (Å²) in [6.07, 6.45) is 6.43.